The van der Waals surface area contributed by atoms with Crippen LogP contribution < -0.4 is 16.6 Å². The molecule has 6 nitrogen and oxygen atoms in total. The molecular weight excluding hydrogens is 251 g/mol. The largest absolute Gasteiger partial charge is 0.370 e. The molecule has 0 atom stereocenters. The summed E-state index contributed by atoms with van der Waals surface area (Å²) < 4.78 is 14.2. The first-order valence-electron chi connectivity index (χ1n) is 5.79. The molecule has 0 aliphatic carbocycles. The Hall–Kier alpha value is -2.44. The predicted molar refractivity (Wildman–Crippen MR) is 68.8 cm³/mol. The third-order valence-electron chi connectivity index (χ3n) is 2.46. The average Bonchev–Trinajstić information content (AvgIpc) is 2.37. The molecular formula is C12H13FN4O2. The summed E-state index contributed by atoms with van der Waals surface area (Å²) in [5, 5.41) is 3.04. The lowest BCUT2D eigenvalue weighted by Gasteiger charge is -2.07. The van der Waals surface area contributed by atoms with E-state index < -0.39 is 17.1 Å². The van der Waals surface area contributed by atoms with Crippen molar-refractivity contribution in [1.29, 1.82) is 0 Å². The second-order valence-electron chi connectivity index (χ2n) is 3.91. The van der Waals surface area contributed by atoms with Gasteiger partial charge in [-0.2, -0.15) is 4.39 Å². The van der Waals surface area contributed by atoms with Crippen molar-refractivity contribution in [1.82, 2.24) is 14.5 Å². The fourth-order valence-corrected chi connectivity index (χ4v) is 1.62. The summed E-state index contributed by atoms with van der Waals surface area (Å²) in [6.45, 7) is 2.76. The fourth-order valence-electron chi connectivity index (χ4n) is 1.62. The first-order valence-corrected chi connectivity index (χ1v) is 5.79. The van der Waals surface area contributed by atoms with Crippen LogP contribution in [0.2, 0.25) is 0 Å². The van der Waals surface area contributed by atoms with E-state index in [0.717, 1.165) is 17.3 Å². The van der Waals surface area contributed by atoms with Gasteiger partial charge in [0.15, 0.2) is 0 Å². The lowest BCUT2D eigenvalue weighted by atomic mass is 10.3. The van der Waals surface area contributed by atoms with E-state index in [2.05, 4.69) is 10.3 Å². The van der Waals surface area contributed by atoms with Crippen molar-refractivity contribution >= 4 is 5.82 Å². The number of rotatable bonds is 4. The third-order valence-corrected chi connectivity index (χ3v) is 2.46. The van der Waals surface area contributed by atoms with Gasteiger partial charge in [0.25, 0.3) is 5.56 Å². The van der Waals surface area contributed by atoms with Crippen LogP contribution in [-0.4, -0.2) is 21.1 Å². The first kappa shape index (κ1) is 13.0. The third kappa shape index (κ3) is 3.06. The highest BCUT2D eigenvalue weighted by Gasteiger charge is 2.05. The van der Waals surface area contributed by atoms with Crippen molar-refractivity contribution in [3.05, 3.63) is 56.7 Å². The van der Waals surface area contributed by atoms with Crippen LogP contribution in [0.3, 0.4) is 0 Å². The van der Waals surface area contributed by atoms with Crippen LogP contribution in [0.5, 0.6) is 0 Å². The Morgan fingerprint density at radius 1 is 1.42 bits per heavy atom. The van der Waals surface area contributed by atoms with Crippen molar-refractivity contribution < 1.29 is 4.39 Å². The molecule has 0 aromatic carbocycles. The number of H-pyrrole nitrogens is 1. The molecule has 0 amide bonds. The maximum atomic E-state index is 13.1. The molecule has 0 spiro atoms. The minimum atomic E-state index is -1.02. The molecule has 2 rings (SSSR count). The number of aromatic nitrogens is 3. The number of hydrogen-bond acceptors (Lipinski definition) is 4. The van der Waals surface area contributed by atoms with Gasteiger partial charge in [-0.15, -0.1) is 0 Å². The topological polar surface area (TPSA) is 79.8 Å². The molecule has 0 bridgehead atoms. The van der Waals surface area contributed by atoms with Crippen molar-refractivity contribution in [3.63, 3.8) is 0 Å². The highest BCUT2D eigenvalue weighted by atomic mass is 19.1. The number of aromatic amines is 1. The van der Waals surface area contributed by atoms with Crippen LogP contribution in [0.1, 0.15) is 12.6 Å². The molecule has 0 fully saturated rings. The molecule has 2 aromatic heterocycles. The molecule has 19 heavy (non-hydrogen) atoms. The summed E-state index contributed by atoms with van der Waals surface area (Å²) in [6, 6.07) is 5.30. The van der Waals surface area contributed by atoms with Crippen LogP contribution in [0.25, 0.3) is 0 Å². The Bertz CT molecular complexity index is 693. The molecule has 0 radical (unpaired) electrons. The quantitative estimate of drug-likeness (QED) is 0.845. The number of nitrogens with zero attached hydrogens (tertiary/aromatic N) is 2. The van der Waals surface area contributed by atoms with E-state index in [1.807, 2.05) is 11.9 Å². The van der Waals surface area contributed by atoms with Crippen molar-refractivity contribution in [2.24, 2.45) is 0 Å². The minimum Gasteiger partial charge on any atom is -0.370 e. The van der Waals surface area contributed by atoms with Gasteiger partial charge in [0, 0.05) is 6.54 Å². The van der Waals surface area contributed by atoms with Crippen LogP contribution in [0.15, 0.2) is 34.0 Å². The van der Waals surface area contributed by atoms with Crippen molar-refractivity contribution in [2.75, 3.05) is 11.9 Å². The van der Waals surface area contributed by atoms with Gasteiger partial charge in [-0.1, -0.05) is 6.07 Å². The highest BCUT2D eigenvalue weighted by molar-refractivity contribution is 5.35. The van der Waals surface area contributed by atoms with Gasteiger partial charge in [0.2, 0.25) is 5.82 Å². The zero-order valence-corrected chi connectivity index (χ0v) is 10.3. The van der Waals surface area contributed by atoms with Crippen LogP contribution in [0.4, 0.5) is 10.2 Å². The Labute approximate surface area is 107 Å². The first-order chi connectivity index (χ1) is 9.10. The summed E-state index contributed by atoms with van der Waals surface area (Å²) in [6.07, 6.45) is 0.878. The van der Waals surface area contributed by atoms with Crippen LogP contribution in [-0.2, 0) is 6.54 Å². The van der Waals surface area contributed by atoms with E-state index in [0.29, 0.717) is 11.5 Å². The number of anilines is 1. The monoisotopic (exact) mass is 264 g/mol. The smallest absolute Gasteiger partial charge is 0.328 e. The highest BCUT2D eigenvalue weighted by Crippen LogP contribution is 2.05. The molecule has 0 aliphatic heterocycles. The van der Waals surface area contributed by atoms with Gasteiger partial charge in [0.05, 0.1) is 18.4 Å². The SMILES string of the molecule is CCNc1cccc(Cn2cc(F)c(=O)[nH]c2=O)n1. The second-order valence-corrected chi connectivity index (χ2v) is 3.91. The summed E-state index contributed by atoms with van der Waals surface area (Å²) in [5.74, 6) is -0.319. The summed E-state index contributed by atoms with van der Waals surface area (Å²) >= 11 is 0. The molecule has 2 N–H and O–H groups in total. The van der Waals surface area contributed by atoms with Gasteiger partial charge < -0.3 is 5.32 Å². The van der Waals surface area contributed by atoms with E-state index in [1.165, 1.54) is 0 Å². The normalized spacial score (nSPS) is 10.4. The van der Waals surface area contributed by atoms with Gasteiger partial charge in [-0.05, 0) is 19.1 Å². The van der Waals surface area contributed by atoms with E-state index in [4.69, 9.17) is 0 Å². The number of hydrogen-bond donors (Lipinski definition) is 2. The number of halogens is 1. The van der Waals surface area contributed by atoms with Crippen molar-refractivity contribution in [3.8, 4) is 0 Å². The predicted octanol–water partition coefficient (Wildman–Crippen LogP) is 0.551. The maximum Gasteiger partial charge on any atom is 0.328 e. The summed E-state index contributed by atoms with van der Waals surface area (Å²) in [5.41, 5.74) is -1.09. The minimum absolute atomic E-state index is 0.0891. The van der Waals surface area contributed by atoms with Gasteiger partial charge in [0.1, 0.15) is 5.82 Å². The van der Waals surface area contributed by atoms with E-state index in [9.17, 15) is 14.0 Å². The Kier molecular flexibility index (Phi) is 3.74. The molecule has 2 heterocycles. The molecule has 7 heteroatoms. The molecule has 0 saturated heterocycles. The Morgan fingerprint density at radius 2 is 2.21 bits per heavy atom. The van der Waals surface area contributed by atoms with Crippen molar-refractivity contribution in [2.45, 2.75) is 13.5 Å². The van der Waals surface area contributed by atoms with Crippen LogP contribution >= 0.6 is 0 Å². The van der Waals surface area contributed by atoms with Gasteiger partial charge >= 0.3 is 5.69 Å². The summed E-state index contributed by atoms with van der Waals surface area (Å²) in [7, 11) is 0. The van der Waals surface area contributed by atoms with E-state index >= 15 is 0 Å². The van der Waals surface area contributed by atoms with Crippen LogP contribution in [0, 0.1) is 5.82 Å². The number of nitrogens with one attached hydrogen (secondary N) is 2. The summed E-state index contributed by atoms with van der Waals surface area (Å²) in [4.78, 5) is 28.6. The lowest BCUT2D eigenvalue weighted by molar-refractivity contribution is 0.564. The average molecular weight is 264 g/mol. The van der Waals surface area contributed by atoms with E-state index in [1.54, 1.807) is 18.2 Å². The molecule has 0 aliphatic rings. The molecule has 0 unspecified atom stereocenters. The molecule has 0 saturated carbocycles. The maximum absolute atomic E-state index is 13.1. The number of pyridine rings is 1. The lowest BCUT2D eigenvalue weighted by Crippen LogP contribution is -2.31. The Balaban J connectivity index is 2.31. The second kappa shape index (κ2) is 5.47. The zero-order chi connectivity index (χ0) is 13.8. The molecule has 2 aromatic rings. The van der Waals surface area contributed by atoms with E-state index in [-0.39, 0.29) is 6.54 Å². The fraction of sp³-hybridized carbons (Fsp3) is 0.250. The van der Waals surface area contributed by atoms with Gasteiger partial charge in [-0.25, -0.2) is 9.78 Å². The van der Waals surface area contributed by atoms with Gasteiger partial charge in [-0.3, -0.25) is 14.3 Å². The zero-order valence-electron chi connectivity index (χ0n) is 10.3. The molecule has 100 valence electrons. The Morgan fingerprint density at radius 3 is 2.95 bits per heavy atom. The standard InChI is InChI=1S/C12H13FN4O2/c1-2-14-10-5-3-4-8(15-10)6-17-7-9(13)11(18)16-12(17)19/h3-5,7H,2,6H2,1H3,(H,14,15)(H,16,18,19).